The zero-order chi connectivity index (χ0) is 21.5. The van der Waals surface area contributed by atoms with Gasteiger partial charge in [0.05, 0.1) is 28.4 Å². The highest BCUT2D eigenvalue weighted by molar-refractivity contribution is 7.85. The van der Waals surface area contributed by atoms with Crippen LogP contribution in [0, 0.1) is 0 Å². The first-order valence-corrected chi connectivity index (χ1v) is 11.8. The lowest BCUT2D eigenvalue weighted by Crippen LogP contribution is -2.10. The van der Waals surface area contributed by atoms with Crippen molar-refractivity contribution in [2.24, 2.45) is 0 Å². The molecule has 14 heteroatoms. The standard InChI is InChI=1S/C12H11N5S.2CH4O3S/c1-17(11-3-2-4-18-11)12-8-6-14-10(13)5-9(8)15-7-16-12;2*1-5(2,3)4/h2-7H,1H3,(H2,13,14);2*1H3,(H,2,3,4). The molecule has 0 saturated heterocycles. The Balaban J connectivity index is 0.000000329. The van der Waals surface area contributed by atoms with Gasteiger partial charge in [0.15, 0.2) is 0 Å². The number of hydrogen-bond donors (Lipinski definition) is 3. The molecule has 0 aromatic carbocycles. The van der Waals surface area contributed by atoms with E-state index in [0.717, 1.165) is 21.7 Å². The van der Waals surface area contributed by atoms with E-state index in [-0.39, 0.29) is 0 Å². The predicted molar refractivity (Wildman–Crippen MR) is 109 cm³/mol. The number of nitrogens with two attached hydrogens (primary N) is 1. The summed E-state index contributed by atoms with van der Waals surface area (Å²) in [6.45, 7) is 0. The number of rotatable bonds is 2. The lowest BCUT2D eigenvalue weighted by atomic mass is 10.3. The van der Waals surface area contributed by atoms with E-state index in [1.807, 2.05) is 29.5 Å². The van der Waals surface area contributed by atoms with Crippen LogP contribution in [0.15, 0.2) is 36.1 Å². The first-order valence-electron chi connectivity index (χ1n) is 7.24. The second-order valence-electron chi connectivity index (χ2n) is 5.30. The molecule has 0 radical (unpaired) electrons. The van der Waals surface area contributed by atoms with Gasteiger partial charge >= 0.3 is 0 Å². The zero-order valence-electron chi connectivity index (χ0n) is 15.1. The van der Waals surface area contributed by atoms with Crippen molar-refractivity contribution in [1.29, 1.82) is 0 Å². The lowest BCUT2D eigenvalue weighted by molar-refractivity contribution is 0.488. The van der Waals surface area contributed by atoms with Crippen LogP contribution in [0.25, 0.3) is 10.9 Å². The minimum absolute atomic E-state index is 0.464. The van der Waals surface area contributed by atoms with Crippen LogP contribution in [0.3, 0.4) is 0 Å². The molecule has 0 aliphatic heterocycles. The van der Waals surface area contributed by atoms with E-state index >= 15 is 0 Å². The van der Waals surface area contributed by atoms with Gasteiger partial charge < -0.3 is 10.6 Å². The molecule has 3 aromatic rings. The molecular formula is C14H19N5O6S3. The van der Waals surface area contributed by atoms with Crippen LogP contribution >= 0.6 is 11.3 Å². The van der Waals surface area contributed by atoms with E-state index in [0.29, 0.717) is 18.3 Å². The van der Waals surface area contributed by atoms with Gasteiger partial charge in [0, 0.05) is 19.3 Å². The first-order chi connectivity index (χ1) is 12.8. The van der Waals surface area contributed by atoms with Crippen molar-refractivity contribution < 1.29 is 25.9 Å². The van der Waals surface area contributed by atoms with Crippen LogP contribution in [0.4, 0.5) is 16.6 Å². The smallest absolute Gasteiger partial charge is 0.261 e. The van der Waals surface area contributed by atoms with Gasteiger partial charge in [0.1, 0.15) is 18.0 Å². The summed E-state index contributed by atoms with van der Waals surface area (Å²) in [6, 6.07) is 5.81. The Bertz CT molecular complexity index is 1070. The number of thiophene rings is 1. The highest BCUT2D eigenvalue weighted by atomic mass is 32.2. The summed E-state index contributed by atoms with van der Waals surface area (Å²) in [6.07, 6.45) is 4.69. The van der Waals surface area contributed by atoms with Gasteiger partial charge in [0.25, 0.3) is 20.2 Å². The predicted octanol–water partition coefficient (Wildman–Crippen LogP) is 1.44. The highest BCUT2D eigenvalue weighted by Gasteiger charge is 2.11. The summed E-state index contributed by atoms with van der Waals surface area (Å²) in [5, 5.41) is 4.04. The number of aromatic nitrogens is 3. The Hall–Kier alpha value is -2.39. The molecule has 154 valence electrons. The monoisotopic (exact) mass is 449 g/mol. The molecule has 0 spiro atoms. The van der Waals surface area contributed by atoms with Crippen LogP contribution in [0.1, 0.15) is 0 Å². The quantitative estimate of drug-likeness (QED) is 0.482. The normalized spacial score (nSPS) is 11.0. The molecule has 0 fully saturated rings. The fourth-order valence-electron chi connectivity index (χ4n) is 1.79. The zero-order valence-corrected chi connectivity index (χ0v) is 17.5. The van der Waals surface area contributed by atoms with Gasteiger partial charge in [-0.3, -0.25) is 9.11 Å². The Morgan fingerprint density at radius 1 is 1.07 bits per heavy atom. The molecule has 0 atom stereocenters. The third kappa shape index (κ3) is 9.52. The number of pyridine rings is 1. The SMILES string of the molecule is CN(c1cccs1)c1ncnc2cc(N)ncc12.CS(=O)(=O)O.CS(=O)(=O)O. The highest BCUT2D eigenvalue weighted by Crippen LogP contribution is 2.30. The lowest BCUT2D eigenvalue weighted by Gasteiger charge is -2.17. The molecule has 0 aliphatic carbocycles. The maximum atomic E-state index is 9.19. The molecule has 0 amide bonds. The second-order valence-corrected chi connectivity index (χ2v) is 9.16. The van der Waals surface area contributed by atoms with Crippen LogP contribution in [0.2, 0.25) is 0 Å². The Labute approximate surface area is 166 Å². The van der Waals surface area contributed by atoms with Gasteiger partial charge in [-0.05, 0) is 17.5 Å². The summed E-state index contributed by atoms with van der Waals surface area (Å²) < 4.78 is 51.7. The largest absolute Gasteiger partial charge is 0.384 e. The molecule has 0 bridgehead atoms. The van der Waals surface area contributed by atoms with Crippen molar-refractivity contribution in [1.82, 2.24) is 15.0 Å². The number of hydrogen-bond acceptors (Lipinski definition) is 10. The van der Waals surface area contributed by atoms with Gasteiger partial charge in [-0.1, -0.05) is 0 Å². The third-order valence-corrected chi connectivity index (χ3v) is 3.62. The van der Waals surface area contributed by atoms with Crippen molar-refractivity contribution in [3.63, 3.8) is 0 Å². The molecule has 3 rings (SSSR count). The van der Waals surface area contributed by atoms with Gasteiger partial charge in [-0.2, -0.15) is 16.8 Å². The van der Waals surface area contributed by atoms with Crippen LogP contribution < -0.4 is 10.6 Å². The van der Waals surface area contributed by atoms with Crippen molar-refractivity contribution in [2.45, 2.75) is 0 Å². The number of nitrogen functional groups attached to an aromatic ring is 1. The van der Waals surface area contributed by atoms with Crippen molar-refractivity contribution >= 4 is 59.1 Å². The summed E-state index contributed by atoms with van der Waals surface area (Å²) in [4.78, 5) is 14.7. The summed E-state index contributed by atoms with van der Waals surface area (Å²) in [5.41, 5.74) is 6.46. The molecule has 3 heterocycles. The summed E-state index contributed by atoms with van der Waals surface area (Å²) in [7, 11) is -5.36. The molecule has 28 heavy (non-hydrogen) atoms. The van der Waals surface area contributed by atoms with Crippen LogP contribution in [-0.2, 0) is 20.2 Å². The minimum atomic E-state index is -3.67. The number of anilines is 3. The van der Waals surface area contributed by atoms with Crippen LogP contribution in [0.5, 0.6) is 0 Å². The molecule has 4 N–H and O–H groups in total. The third-order valence-electron chi connectivity index (χ3n) is 2.68. The van der Waals surface area contributed by atoms with Crippen molar-refractivity contribution in [2.75, 3.05) is 30.2 Å². The summed E-state index contributed by atoms with van der Waals surface area (Å²) >= 11 is 1.66. The van der Waals surface area contributed by atoms with Crippen molar-refractivity contribution in [3.8, 4) is 0 Å². The van der Waals surface area contributed by atoms with Gasteiger partial charge in [-0.15, -0.1) is 11.3 Å². The second kappa shape index (κ2) is 9.70. The topological polar surface area (TPSA) is 177 Å². The van der Waals surface area contributed by atoms with Crippen molar-refractivity contribution in [3.05, 3.63) is 36.1 Å². The molecule has 0 aliphatic rings. The van der Waals surface area contributed by atoms with E-state index in [1.54, 1.807) is 29.9 Å². The molecule has 3 aromatic heterocycles. The molecular weight excluding hydrogens is 430 g/mol. The van der Waals surface area contributed by atoms with Gasteiger partial charge in [0.2, 0.25) is 0 Å². The molecule has 0 unspecified atom stereocenters. The fourth-order valence-corrected chi connectivity index (χ4v) is 2.49. The minimum Gasteiger partial charge on any atom is -0.384 e. The van der Waals surface area contributed by atoms with Gasteiger partial charge in [-0.25, -0.2) is 15.0 Å². The van der Waals surface area contributed by atoms with E-state index in [9.17, 15) is 16.8 Å². The fraction of sp³-hybridized carbons (Fsp3) is 0.214. The van der Waals surface area contributed by atoms with E-state index in [4.69, 9.17) is 14.8 Å². The molecule has 0 saturated carbocycles. The van der Waals surface area contributed by atoms with E-state index in [1.165, 1.54) is 0 Å². The summed E-state index contributed by atoms with van der Waals surface area (Å²) in [5.74, 6) is 1.29. The van der Waals surface area contributed by atoms with E-state index < -0.39 is 20.2 Å². The number of nitrogens with zero attached hydrogens (tertiary/aromatic N) is 4. The Kier molecular flexibility index (Phi) is 8.19. The first kappa shape index (κ1) is 23.6. The maximum absolute atomic E-state index is 9.19. The Morgan fingerprint density at radius 3 is 2.14 bits per heavy atom. The molecule has 11 nitrogen and oxygen atoms in total. The maximum Gasteiger partial charge on any atom is 0.261 e. The van der Waals surface area contributed by atoms with E-state index in [2.05, 4.69) is 15.0 Å². The Morgan fingerprint density at radius 2 is 1.64 bits per heavy atom. The average Bonchev–Trinajstić information content (AvgIpc) is 3.04. The number of fused-ring (bicyclic) bond motifs is 1. The average molecular weight is 450 g/mol. The van der Waals surface area contributed by atoms with Crippen LogP contribution in [-0.4, -0.2) is 60.5 Å².